The topological polar surface area (TPSA) is 0 Å². The molecule has 0 aliphatic heterocycles. The first kappa shape index (κ1) is 12.7. The van der Waals surface area contributed by atoms with Crippen molar-refractivity contribution in [3.05, 3.63) is 12.7 Å². The predicted molar refractivity (Wildman–Crippen MR) is 61.8 cm³/mol. The molecule has 0 heteroatoms. The molecule has 0 heterocycles. The Bertz CT molecular complexity index is 133. The summed E-state index contributed by atoms with van der Waals surface area (Å²) in [5.41, 5.74) is 0. The highest BCUT2D eigenvalue weighted by molar-refractivity contribution is 4.78. The van der Waals surface area contributed by atoms with Crippen molar-refractivity contribution in [1.29, 1.82) is 0 Å². The molecule has 0 spiro atoms. The lowest BCUT2D eigenvalue weighted by Crippen LogP contribution is -2.18. The van der Waals surface area contributed by atoms with Gasteiger partial charge < -0.3 is 0 Å². The largest absolute Gasteiger partial charge is 0.103 e. The molecule has 0 amide bonds. The Labute approximate surface area is 84.4 Å². The molecule has 0 bridgehead atoms. The van der Waals surface area contributed by atoms with Crippen LogP contribution >= 0.6 is 0 Å². The van der Waals surface area contributed by atoms with Gasteiger partial charge in [0.15, 0.2) is 0 Å². The van der Waals surface area contributed by atoms with Gasteiger partial charge in [0.1, 0.15) is 0 Å². The fourth-order valence-electron chi connectivity index (χ4n) is 1.89. The minimum atomic E-state index is 0.795. The van der Waals surface area contributed by atoms with Crippen LogP contribution in [0.15, 0.2) is 12.7 Å². The highest BCUT2D eigenvalue weighted by Crippen LogP contribution is 2.29. The smallest absolute Gasteiger partial charge is 0.0322 e. The van der Waals surface area contributed by atoms with E-state index in [1.54, 1.807) is 0 Å². The molecule has 0 aromatic heterocycles. The van der Waals surface area contributed by atoms with E-state index in [9.17, 15) is 0 Å². The minimum Gasteiger partial charge on any atom is -0.103 e. The van der Waals surface area contributed by atoms with Gasteiger partial charge in [-0.2, -0.15) is 0 Å². The van der Waals surface area contributed by atoms with Gasteiger partial charge in [-0.25, -0.2) is 0 Å². The van der Waals surface area contributed by atoms with E-state index in [1.807, 2.05) is 0 Å². The van der Waals surface area contributed by atoms with Crippen LogP contribution in [0.4, 0.5) is 0 Å². The Morgan fingerprint density at radius 3 is 1.92 bits per heavy atom. The van der Waals surface area contributed by atoms with Crippen molar-refractivity contribution < 1.29 is 0 Å². The summed E-state index contributed by atoms with van der Waals surface area (Å²) in [6.07, 6.45) is 4.59. The average molecular weight is 182 g/mol. The van der Waals surface area contributed by atoms with E-state index in [0.29, 0.717) is 0 Å². The van der Waals surface area contributed by atoms with Crippen molar-refractivity contribution in [2.45, 2.75) is 47.5 Å². The second-order valence-electron chi connectivity index (χ2n) is 5.02. The molecule has 2 atom stereocenters. The van der Waals surface area contributed by atoms with Crippen LogP contribution in [0.25, 0.3) is 0 Å². The Morgan fingerprint density at radius 2 is 1.62 bits per heavy atom. The van der Waals surface area contributed by atoms with Crippen LogP contribution in [-0.2, 0) is 0 Å². The zero-order valence-corrected chi connectivity index (χ0v) is 10.0. The molecular weight excluding hydrogens is 156 g/mol. The maximum atomic E-state index is 3.85. The lowest BCUT2D eigenvalue weighted by molar-refractivity contribution is 0.241. The van der Waals surface area contributed by atoms with Crippen LogP contribution in [0.5, 0.6) is 0 Å². The Balaban J connectivity index is 4.13. The normalized spacial score (nSPS) is 16.2. The maximum absolute atomic E-state index is 3.85. The summed E-state index contributed by atoms with van der Waals surface area (Å²) in [6.45, 7) is 15.5. The molecule has 2 unspecified atom stereocenters. The number of allylic oxidation sites excluding steroid dienone is 1. The van der Waals surface area contributed by atoms with E-state index in [1.165, 1.54) is 12.8 Å². The fourth-order valence-corrected chi connectivity index (χ4v) is 1.89. The first-order valence-electron chi connectivity index (χ1n) is 5.59. The lowest BCUT2D eigenvalue weighted by Gasteiger charge is -2.27. The van der Waals surface area contributed by atoms with Crippen molar-refractivity contribution >= 4 is 0 Å². The second-order valence-corrected chi connectivity index (χ2v) is 5.02. The van der Waals surface area contributed by atoms with E-state index < -0.39 is 0 Å². The number of rotatable bonds is 6. The highest BCUT2D eigenvalue weighted by Gasteiger charge is 2.19. The third kappa shape index (κ3) is 5.13. The van der Waals surface area contributed by atoms with Crippen molar-refractivity contribution in [3.8, 4) is 0 Å². The molecular formula is C13H26. The van der Waals surface area contributed by atoms with Gasteiger partial charge in [0.05, 0.1) is 0 Å². The summed E-state index contributed by atoms with van der Waals surface area (Å²) >= 11 is 0. The van der Waals surface area contributed by atoms with E-state index in [4.69, 9.17) is 0 Å². The monoisotopic (exact) mass is 182 g/mol. The van der Waals surface area contributed by atoms with Gasteiger partial charge in [0.25, 0.3) is 0 Å². The molecule has 78 valence electrons. The first-order valence-corrected chi connectivity index (χ1v) is 5.59. The quantitative estimate of drug-likeness (QED) is 0.530. The fraction of sp³-hybridized carbons (Fsp3) is 0.846. The molecule has 13 heavy (non-hydrogen) atoms. The van der Waals surface area contributed by atoms with Crippen LogP contribution in [0, 0.1) is 23.7 Å². The van der Waals surface area contributed by atoms with E-state index >= 15 is 0 Å². The predicted octanol–water partition coefficient (Wildman–Crippen LogP) is 4.52. The van der Waals surface area contributed by atoms with Crippen molar-refractivity contribution in [2.24, 2.45) is 23.7 Å². The van der Waals surface area contributed by atoms with Crippen molar-refractivity contribution in [1.82, 2.24) is 0 Å². The minimum absolute atomic E-state index is 0.795. The van der Waals surface area contributed by atoms with Crippen LogP contribution in [-0.4, -0.2) is 0 Å². The Kier molecular flexibility index (Phi) is 6.11. The van der Waals surface area contributed by atoms with Gasteiger partial charge in [-0.1, -0.05) is 40.7 Å². The number of hydrogen-bond donors (Lipinski definition) is 0. The number of hydrogen-bond acceptors (Lipinski definition) is 0. The van der Waals surface area contributed by atoms with Crippen molar-refractivity contribution in [3.63, 3.8) is 0 Å². The van der Waals surface area contributed by atoms with Crippen LogP contribution in [0.2, 0.25) is 0 Å². The molecule has 0 nitrogen and oxygen atoms in total. The molecule has 0 saturated carbocycles. The first-order chi connectivity index (χ1) is 5.99. The van der Waals surface area contributed by atoms with Gasteiger partial charge in [0.2, 0.25) is 0 Å². The second kappa shape index (κ2) is 6.23. The van der Waals surface area contributed by atoms with E-state index in [2.05, 4.69) is 47.3 Å². The molecule has 0 aliphatic carbocycles. The van der Waals surface area contributed by atoms with E-state index in [-0.39, 0.29) is 0 Å². The highest BCUT2D eigenvalue weighted by atomic mass is 14.2. The zero-order chi connectivity index (χ0) is 10.4. The van der Waals surface area contributed by atoms with E-state index in [0.717, 1.165) is 23.7 Å². The molecule has 0 aliphatic rings. The molecule has 0 saturated heterocycles. The third-order valence-corrected chi connectivity index (χ3v) is 3.04. The van der Waals surface area contributed by atoms with Gasteiger partial charge in [0, 0.05) is 0 Å². The summed E-state index contributed by atoms with van der Waals surface area (Å²) in [4.78, 5) is 0. The van der Waals surface area contributed by atoms with Gasteiger partial charge >= 0.3 is 0 Å². The molecule has 0 N–H and O–H groups in total. The SMILES string of the molecule is C=CCC(CC(C)C)C(C)C(C)C. The standard InChI is InChI=1S/C13H26/c1-7-8-13(9-10(2)3)12(6)11(4)5/h7,10-13H,1,8-9H2,2-6H3. The molecule has 0 aromatic carbocycles. The van der Waals surface area contributed by atoms with Crippen molar-refractivity contribution in [2.75, 3.05) is 0 Å². The molecule has 0 fully saturated rings. The lowest BCUT2D eigenvalue weighted by atomic mass is 9.78. The molecule has 0 radical (unpaired) electrons. The summed E-state index contributed by atoms with van der Waals surface area (Å²) in [5, 5.41) is 0. The Hall–Kier alpha value is -0.260. The van der Waals surface area contributed by atoms with Crippen LogP contribution in [0.1, 0.15) is 47.5 Å². The maximum Gasteiger partial charge on any atom is -0.0322 e. The van der Waals surface area contributed by atoms with Crippen LogP contribution in [0.3, 0.4) is 0 Å². The van der Waals surface area contributed by atoms with Gasteiger partial charge in [-0.15, -0.1) is 6.58 Å². The third-order valence-electron chi connectivity index (χ3n) is 3.04. The van der Waals surface area contributed by atoms with Gasteiger partial charge in [-0.05, 0) is 36.5 Å². The summed E-state index contributed by atoms with van der Waals surface area (Å²) < 4.78 is 0. The average Bonchev–Trinajstić information content (AvgIpc) is 2.01. The summed E-state index contributed by atoms with van der Waals surface area (Å²) in [5.74, 6) is 3.26. The zero-order valence-electron chi connectivity index (χ0n) is 10.0. The van der Waals surface area contributed by atoms with Gasteiger partial charge in [-0.3, -0.25) is 0 Å². The molecule has 0 aromatic rings. The Morgan fingerprint density at radius 1 is 1.08 bits per heavy atom. The van der Waals surface area contributed by atoms with Crippen LogP contribution < -0.4 is 0 Å². The molecule has 0 rings (SSSR count). The summed E-state index contributed by atoms with van der Waals surface area (Å²) in [7, 11) is 0. The summed E-state index contributed by atoms with van der Waals surface area (Å²) in [6, 6.07) is 0.